The zero-order valence-corrected chi connectivity index (χ0v) is 9.43. The molecule has 1 saturated carbocycles. The average Bonchev–Trinajstić information content (AvgIpc) is 2.07. The minimum absolute atomic E-state index is 0.175. The van der Waals surface area contributed by atoms with Crippen LogP contribution in [0.5, 0.6) is 0 Å². The summed E-state index contributed by atoms with van der Waals surface area (Å²) >= 11 is 2.27. The molecule has 1 aliphatic rings. The molecule has 0 aliphatic heterocycles. The van der Waals surface area contributed by atoms with Crippen molar-refractivity contribution in [3.05, 3.63) is 0 Å². The monoisotopic (exact) mass is 279 g/mol. The summed E-state index contributed by atoms with van der Waals surface area (Å²) in [6.45, 7) is 1.98. The highest BCUT2D eigenvalue weighted by Crippen LogP contribution is 2.21. The molecule has 0 amide bonds. The van der Waals surface area contributed by atoms with Crippen LogP contribution >= 0.6 is 22.6 Å². The molecule has 1 fully saturated rings. The highest BCUT2D eigenvalue weighted by Gasteiger charge is 2.21. The number of Topliss-reactive ketones (excluding diaryl/α,β-unsaturated/α-hetero) is 1. The Labute approximate surface area is 86.8 Å². The van der Waals surface area contributed by atoms with E-state index in [0.717, 1.165) is 25.0 Å². The van der Waals surface area contributed by atoms with Crippen LogP contribution in [0.4, 0.5) is 0 Å². The van der Waals surface area contributed by atoms with Gasteiger partial charge in [0.25, 0.3) is 0 Å². The molecule has 0 spiro atoms. The number of nitrogens with one attached hydrogen (secondary N) is 1. The molecular weight excluding hydrogens is 265 g/mol. The summed E-state index contributed by atoms with van der Waals surface area (Å²) < 4.78 is 0.291. The van der Waals surface area contributed by atoms with Crippen LogP contribution in [0.25, 0.3) is 0 Å². The number of hydrogen-bond acceptors (Lipinski definition) is 2. The van der Waals surface area contributed by atoms with Crippen LogP contribution in [0.1, 0.15) is 32.6 Å². The second kappa shape index (κ2) is 4.35. The van der Waals surface area contributed by atoms with Gasteiger partial charge in [0.1, 0.15) is 5.78 Å². The molecule has 0 saturated heterocycles. The van der Waals surface area contributed by atoms with Crippen LogP contribution in [0.15, 0.2) is 0 Å². The molecule has 0 radical (unpaired) electrons. The highest BCUT2D eigenvalue weighted by molar-refractivity contribution is 14.1. The second-order valence-corrected chi connectivity index (χ2v) is 4.94. The fraction of sp³-hybridized carbons (Fsp3) is 0.778. The topological polar surface area (TPSA) is 40.9 Å². The lowest BCUT2D eigenvalue weighted by atomic mass is 9.91. The first-order chi connectivity index (χ1) is 5.61. The molecule has 1 rings (SSSR count). The second-order valence-electron chi connectivity index (χ2n) is 3.44. The molecule has 1 aliphatic carbocycles. The van der Waals surface area contributed by atoms with Crippen LogP contribution in [0, 0.1) is 11.3 Å². The molecular formula is C9H14INO. The van der Waals surface area contributed by atoms with Gasteiger partial charge in [-0.3, -0.25) is 4.79 Å². The van der Waals surface area contributed by atoms with Crippen LogP contribution < -0.4 is 0 Å². The van der Waals surface area contributed by atoms with Crippen molar-refractivity contribution in [1.29, 1.82) is 5.41 Å². The van der Waals surface area contributed by atoms with E-state index in [1.165, 1.54) is 0 Å². The Bertz CT molecular complexity index is 181. The summed E-state index contributed by atoms with van der Waals surface area (Å²) in [5, 5.41) is 7.67. The van der Waals surface area contributed by atoms with Gasteiger partial charge < -0.3 is 5.41 Å². The predicted molar refractivity (Wildman–Crippen MR) is 58.2 cm³/mol. The average molecular weight is 279 g/mol. The number of halogens is 1. The van der Waals surface area contributed by atoms with Crippen LogP contribution in [0.3, 0.4) is 0 Å². The van der Waals surface area contributed by atoms with Gasteiger partial charge in [0, 0.05) is 22.0 Å². The normalized spacial score (nSPS) is 32.8. The maximum Gasteiger partial charge on any atom is 0.135 e. The maximum atomic E-state index is 11.3. The van der Waals surface area contributed by atoms with E-state index in [1.807, 2.05) is 6.92 Å². The summed E-state index contributed by atoms with van der Waals surface area (Å²) in [6.07, 6.45) is 3.21. The van der Waals surface area contributed by atoms with Gasteiger partial charge in [-0.05, 0) is 19.3 Å². The number of hydrogen-bond donors (Lipinski definition) is 1. The Balaban J connectivity index is 2.57. The first kappa shape index (κ1) is 10.2. The molecule has 2 nitrogen and oxygen atoms in total. The number of carbonyl (C=O) groups is 1. The lowest BCUT2D eigenvalue weighted by molar-refractivity contribution is -0.122. The Hall–Kier alpha value is 0.0700. The molecule has 1 N–H and O–H groups in total. The van der Waals surface area contributed by atoms with Crippen LogP contribution in [0.2, 0.25) is 0 Å². The van der Waals surface area contributed by atoms with E-state index in [4.69, 9.17) is 5.41 Å². The summed E-state index contributed by atoms with van der Waals surface area (Å²) in [4.78, 5) is 11.3. The van der Waals surface area contributed by atoms with Gasteiger partial charge in [-0.1, -0.05) is 29.5 Å². The lowest BCUT2D eigenvalue weighted by Gasteiger charge is -2.18. The summed E-state index contributed by atoms with van der Waals surface area (Å²) in [7, 11) is 0. The predicted octanol–water partition coefficient (Wildman–Crippen LogP) is 2.59. The van der Waals surface area contributed by atoms with Gasteiger partial charge in [-0.2, -0.15) is 0 Å². The van der Waals surface area contributed by atoms with Crippen molar-refractivity contribution < 1.29 is 4.79 Å². The van der Waals surface area contributed by atoms with E-state index in [9.17, 15) is 4.79 Å². The molecule has 0 aromatic carbocycles. The standard InChI is InChI=1S/C9H14INO/c1-6-2-4-8(11)7(10)3-5-9(6)12/h6-7,11H,2-5H2,1H3. The van der Waals surface area contributed by atoms with E-state index in [2.05, 4.69) is 22.6 Å². The van der Waals surface area contributed by atoms with Crippen molar-refractivity contribution in [2.75, 3.05) is 0 Å². The molecule has 12 heavy (non-hydrogen) atoms. The third-order valence-electron chi connectivity index (χ3n) is 2.42. The molecule has 68 valence electrons. The zero-order valence-electron chi connectivity index (χ0n) is 7.27. The van der Waals surface area contributed by atoms with Crippen molar-refractivity contribution in [2.45, 2.75) is 36.5 Å². The van der Waals surface area contributed by atoms with Crippen LogP contribution in [-0.4, -0.2) is 15.4 Å². The quantitative estimate of drug-likeness (QED) is 0.537. The van der Waals surface area contributed by atoms with Crippen molar-refractivity contribution in [3.8, 4) is 0 Å². The lowest BCUT2D eigenvalue weighted by Crippen LogP contribution is -2.22. The molecule has 0 aromatic heterocycles. The minimum atomic E-state index is 0.175. The molecule has 0 bridgehead atoms. The van der Waals surface area contributed by atoms with Gasteiger partial charge in [0.2, 0.25) is 0 Å². The molecule has 0 aromatic rings. The number of carbonyl (C=O) groups excluding carboxylic acids is 1. The van der Waals surface area contributed by atoms with Gasteiger partial charge in [0.15, 0.2) is 0 Å². The van der Waals surface area contributed by atoms with E-state index < -0.39 is 0 Å². The van der Waals surface area contributed by atoms with Crippen molar-refractivity contribution >= 4 is 34.1 Å². The van der Waals surface area contributed by atoms with Crippen molar-refractivity contribution in [2.24, 2.45) is 5.92 Å². The van der Waals surface area contributed by atoms with Crippen molar-refractivity contribution in [3.63, 3.8) is 0 Å². The Kier molecular flexibility index (Phi) is 3.68. The SMILES string of the molecule is CC1CCC(=N)C(I)CCC1=O. The third-order valence-corrected chi connectivity index (χ3v) is 3.79. The Morgan fingerprint density at radius 2 is 2.08 bits per heavy atom. The summed E-state index contributed by atoms with van der Waals surface area (Å²) in [5.41, 5.74) is 0.815. The van der Waals surface area contributed by atoms with E-state index >= 15 is 0 Å². The highest BCUT2D eigenvalue weighted by atomic mass is 127. The molecule has 2 unspecified atom stereocenters. The smallest absolute Gasteiger partial charge is 0.135 e. The Morgan fingerprint density at radius 3 is 2.75 bits per heavy atom. The van der Waals surface area contributed by atoms with Gasteiger partial charge >= 0.3 is 0 Å². The minimum Gasteiger partial charge on any atom is -0.309 e. The Morgan fingerprint density at radius 1 is 1.42 bits per heavy atom. The number of alkyl halides is 1. The first-order valence-corrected chi connectivity index (χ1v) is 5.60. The molecule has 0 heterocycles. The van der Waals surface area contributed by atoms with Crippen LogP contribution in [-0.2, 0) is 4.79 Å². The fourth-order valence-corrected chi connectivity index (χ4v) is 2.00. The molecule has 3 heteroatoms. The third kappa shape index (κ3) is 2.54. The number of rotatable bonds is 0. The largest absolute Gasteiger partial charge is 0.309 e. The van der Waals surface area contributed by atoms with Gasteiger partial charge in [0.05, 0.1) is 0 Å². The van der Waals surface area contributed by atoms with Gasteiger partial charge in [-0.25, -0.2) is 0 Å². The number of ketones is 1. The maximum absolute atomic E-state index is 11.3. The van der Waals surface area contributed by atoms with E-state index in [-0.39, 0.29) is 5.92 Å². The summed E-state index contributed by atoms with van der Waals surface area (Å²) in [5.74, 6) is 0.554. The fourth-order valence-electron chi connectivity index (χ4n) is 1.38. The van der Waals surface area contributed by atoms with E-state index in [0.29, 0.717) is 16.1 Å². The molecule has 2 atom stereocenters. The van der Waals surface area contributed by atoms with Crippen molar-refractivity contribution in [1.82, 2.24) is 0 Å². The van der Waals surface area contributed by atoms with E-state index in [1.54, 1.807) is 0 Å². The van der Waals surface area contributed by atoms with Gasteiger partial charge in [-0.15, -0.1) is 0 Å². The summed E-state index contributed by atoms with van der Waals surface area (Å²) in [6, 6.07) is 0. The zero-order chi connectivity index (χ0) is 9.14. The first-order valence-electron chi connectivity index (χ1n) is 4.35.